The first-order valence-electron chi connectivity index (χ1n) is 13.7. The fourth-order valence-electron chi connectivity index (χ4n) is 6.56. The topological polar surface area (TPSA) is 85.4 Å². The lowest BCUT2D eigenvalue weighted by Crippen LogP contribution is -2.48. The number of hydrogen-bond donors (Lipinski definition) is 0. The van der Waals surface area contributed by atoms with Crippen molar-refractivity contribution in [3.63, 3.8) is 0 Å². The maximum absolute atomic E-state index is 14.3. The molecule has 0 amide bonds. The largest absolute Gasteiger partial charge is 0.418 e. The number of aromatic nitrogens is 5. The number of ether oxygens (including phenoxy) is 1. The van der Waals surface area contributed by atoms with Gasteiger partial charge in [0.15, 0.2) is 5.82 Å². The van der Waals surface area contributed by atoms with Gasteiger partial charge in [-0.05, 0) is 48.1 Å². The normalized spacial score (nSPS) is 23.5. The van der Waals surface area contributed by atoms with Gasteiger partial charge in [-0.3, -0.25) is 18.5 Å². The number of nitrogens with zero attached hydrogens (tertiary/aromatic N) is 7. The van der Waals surface area contributed by atoms with E-state index >= 15 is 0 Å². The van der Waals surface area contributed by atoms with Crippen LogP contribution in [0.2, 0.25) is 0 Å². The molecule has 4 heterocycles. The molecule has 4 aromatic rings. The maximum atomic E-state index is 14.3. The monoisotopic (exact) mass is 567 g/mol. The lowest BCUT2D eigenvalue weighted by atomic mass is 9.58. The Kier molecular flexibility index (Phi) is 6.62. The highest BCUT2D eigenvalue weighted by molar-refractivity contribution is 5.58. The molecule has 0 bridgehead atoms. The molecule has 9 nitrogen and oxygen atoms in total. The maximum Gasteiger partial charge on any atom is 0.418 e. The van der Waals surface area contributed by atoms with Crippen LogP contribution in [0.5, 0.6) is 0 Å². The molecule has 2 aliphatic rings. The first-order chi connectivity index (χ1) is 19.5. The zero-order valence-corrected chi connectivity index (χ0v) is 23.2. The predicted molar refractivity (Wildman–Crippen MR) is 145 cm³/mol. The van der Waals surface area contributed by atoms with E-state index in [1.165, 1.54) is 17.0 Å². The zero-order chi connectivity index (χ0) is 29.1. The first-order valence-corrected chi connectivity index (χ1v) is 13.7. The second-order valence-corrected chi connectivity index (χ2v) is 11.5. The van der Waals surface area contributed by atoms with Gasteiger partial charge in [0, 0.05) is 46.1 Å². The quantitative estimate of drug-likeness (QED) is 0.352. The molecule has 1 saturated carbocycles. The molecule has 0 unspecified atom stereocenters. The Morgan fingerprint density at radius 2 is 1.98 bits per heavy atom. The van der Waals surface area contributed by atoms with E-state index in [4.69, 9.17) is 10.00 Å². The lowest BCUT2D eigenvalue weighted by Gasteiger charge is -2.48. The summed E-state index contributed by atoms with van der Waals surface area (Å²) in [5.74, 6) is 1.46. The number of nitriles is 1. The van der Waals surface area contributed by atoms with Crippen molar-refractivity contribution >= 4 is 5.52 Å². The van der Waals surface area contributed by atoms with Crippen LogP contribution in [-0.4, -0.2) is 54.2 Å². The molecule has 1 saturated heterocycles. The van der Waals surface area contributed by atoms with Crippen molar-refractivity contribution < 1.29 is 17.9 Å². The van der Waals surface area contributed by atoms with Gasteiger partial charge in [0.2, 0.25) is 0 Å². The number of morpholine rings is 1. The van der Waals surface area contributed by atoms with E-state index in [-0.39, 0.29) is 30.0 Å². The van der Waals surface area contributed by atoms with Gasteiger partial charge in [-0.25, -0.2) is 9.59 Å². The minimum absolute atomic E-state index is 0.197. The molecule has 1 aliphatic carbocycles. The second-order valence-electron chi connectivity index (χ2n) is 11.5. The van der Waals surface area contributed by atoms with Gasteiger partial charge in [0.1, 0.15) is 0 Å². The minimum Gasteiger partial charge on any atom is -0.374 e. The molecular formula is C29H32F3N7O2. The van der Waals surface area contributed by atoms with Crippen LogP contribution >= 0.6 is 0 Å². The third kappa shape index (κ3) is 4.67. The molecular weight excluding hydrogens is 535 g/mol. The lowest BCUT2D eigenvalue weighted by molar-refractivity contribution is -0.136. The molecule has 0 spiro atoms. The fourth-order valence-corrected chi connectivity index (χ4v) is 6.56. The van der Waals surface area contributed by atoms with Gasteiger partial charge in [-0.1, -0.05) is 19.1 Å². The van der Waals surface area contributed by atoms with E-state index in [2.05, 4.69) is 18.1 Å². The average molecular weight is 568 g/mol. The standard InChI is InChI=1S/C29H32F3N7O2/c1-19-13-28(14-19,26-34-36(3)35(26)2)21-5-4-6-22(12-21)38-18-25-24(29(30,31)32)11-20(16-39(25)27(38)40)15-37-9-10-41-23(17-37)7-8-33/h4-6,11-12,16,18-19,23H,7,9-10,13-15,17H2,1-3H3/t19?,23-,28?/m1/s1. The van der Waals surface area contributed by atoms with Gasteiger partial charge in [-0.15, -0.1) is 5.10 Å². The predicted octanol–water partition coefficient (Wildman–Crippen LogP) is 4.01. The zero-order valence-electron chi connectivity index (χ0n) is 23.2. The number of benzene rings is 1. The number of fused-ring (bicyclic) bond motifs is 1. The third-order valence-electron chi connectivity index (χ3n) is 8.56. The fraction of sp³-hybridized carbons (Fsp3) is 0.483. The highest BCUT2D eigenvalue weighted by Gasteiger charge is 2.49. The number of hydrogen-bond acceptors (Lipinski definition) is 5. The van der Waals surface area contributed by atoms with E-state index in [0.29, 0.717) is 36.9 Å². The van der Waals surface area contributed by atoms with Crippen LogP contribution in [0, 0.1) is 17.2 Å². The number of alkyl halides is 3. The molecule has 6 rings (SSSR count). The SMILES string of the molecule is CC1CC(c2cccc(-n3cc4c(C(F)(F)F)cc(CN5CCO[C@H](CC#N)C5)cn4c3=O)c2)(c2nn(C)n2C)C1. The summed E-state index contributed by atoms with van der Waals surface area (Å²) in [6.07, 6.45) is -0.152. The summed E-state index contributed by atoms with van der Waals surface area (Å²) in [6.45, 7) is 3.76. The summed E-state index contributed by atoms with van der Waals surface area (Å²) in [4.78, 5) is 17.4. The summed E-state index contributed by atoms with van der Waals surface area (Å²) >= 11 is 0. The van der Waals surface area contributed by atoms with Crippen LogP contribution in [-0.2, 0) is 37.0 Å². The van der Waals surface area contributed by atoms with Crippen LogP contribution < -0.4 is 5.69 Å². The molecule has 12 heteroatoms. The van der Waals surface area contributed by atoms with Crippen LogP contribution in [0.25, 0.3) is 11.2 Å². The smallest absolute Gasteiger partial charge is 0.374 e. The van der Waals surface area contributed by atoms with Crippen molar-refractivity contribution in [1.82, 2.24) is 28.4 Å². The minimum atomic E-state index is -4.65. The van der Waals surface area contributed by atoms with Crippen molar-refractivity contribution in [1.29, 1.82) is 5.26 Å². The van der Waals surface area contributed by atoms with Gasteiger partial charge in [0.25, 0.3) is 0 Å². The molecule has 1 aliphatic heterocycles. The van der Waals surface area contributed by atoms with Crippen molar-refractivity contribution in [2.24, 2.45) is 20.0 Å². The van der Waals surface area contributed by atoms with Crippen molar-refractivity contribution in [3.05, 3.63) is 75.7 Å². The van der Waals surface area contributed by atoms with Crippen LogP contribution in [0.3, 0.4) is 0 Å². The summed E-state index contributed by atoms with van der Waals surface area (Å²) in [7, 11) is 3.83. The second kappa shape index (κ2) is 9.92. The number of aryl methyl sites for hydroxylation is 1. The molecule has 3 aromatic heterocycles. The summed E-state index contributed by atoms with van der Waals surface area (Å²) in [5, 5.41) is 13.6. The number of rotatable bonds is 6. The summed E-state index contributed by atoms with van der Waals surface area (Å²) in [6, 6.07) is 10.7. The highest BCUT2D eigenvalue weighted by atomic mass is 19.4. The molecule has 0 radical (unpaired) electrons. The third-order valence-corrected chi connectivity index (χ3v) is 8.56. The van der Waals surface area contributed by atoms with Gasteiger partial charge in [0.05, 0.1) is 47.4 Å². The van der Waals surface area contributed by atoms with E-state index in [9.17, 15) is 18.0 Å². The van der Waals surface area contributed by atoms with E-state index in [0.717, 1.165) is 34.7 Å². The molecule has 0 N–H and O–H groups in total. The molecule has 1 atom stereocenters. The Balaban J connectivity index is 1.40. The Morgan fingerprint density at radius 3 is 2.63 bits per heavy atom. The Hall–Kier alpha value is -3.82. The molecule has 1 aromatic carbocycles. The van der Waals surface area contributed by atoms with Crippen LogP contribution in [0.1, 0.15) is 48.7 Å². The van der Waals surface area contributed by atoms with Crippen molar-refractivity contribution in [2.75, 3.05) is 19.7 Å². The summed E-state index contributed by atoms with van der Waals surface area (Å²) < 4.78 is 52.8. The Labute approximate surface area is 234 Å². The van der Waals surface area contributed by atoms with Crippen LogP contribution in [0.4, 0.5) is 13.2 Å². The van der Waals surface area contributed by atoms with Crippen molar-refractivity contribution in [2.45, 2.75) is 50.4 Å². The number of halogens is 3. The number of pyridine rings is 1. The molecule has 41 heavy (non-hydrogen) atoms. The van der Waals surface area contributed by atoms with Gasteiger partial charge >= 0.3 is 11.9 Å². The molecule has 216 valence electrons. The first kappa shape index (κ1) is 27.4. The van der Waals surface area contributed by atoms with E-state index < -0.39 is 17.4 Å². The van der Waals surface area contributed by atoms with E-state index in [1.54, 1.807) is 10.9 Å². The number of imidazole rings is 1. The van der Waals surface area contributed by atoms with Gasteiger partial charge in [-0.2, -0.15) is 18.4 Å². The van der Waals surface area contributed by atoms with Crippen LogP contribution in [0.15, 0.2) is 47.5 Å². The Morgan fingerprint density at radius 1 is 1.20 bits per heavy atom. The van der Waals surface area contributed by atoms with Crippen molar-refractivity contribution in [3.8, 4) is 11.8 Å². The Bertz CT molecular complexity index is 1700. The average Bonchev–Trinajstić information content (AvgIpc) is 3.25. The van der Waals surface area contributed by atoms with E-state index in [1.807, 2.05) is 41.9 Å². The molecule has 2 fully saturated rings. The summed E-state index contributed by atoms with van der Waals surface area (Å²) in [5.41, 5.74) is -0.0560. The van der Waals surface area contributed by atoms with Gasteiger partial charge < -0.3 is 4.74 Å². The highest BCUT2D eigenvalue weighted by Crippen LogP contribution is 2.52.